The lowest BCUT2D eigenvalue weighted by molar-refractivity contribution is -0.484. The third kappa shape index (κ3) is 3.15. The molecule has 0 amide bonds. The second-order valence-electron chi connectivity index (χ2n) is 3.74. The van der Waals surface area contributed by atoms with Crippen molar-refractivity contribution in [3.63, 3.8) is 0 Å². The van der Waals surface area contributed by atoms with Gasteiger partial charge in [0.2, 0.25) is 6.54 Å². The first-order chi connectivity index (χ1) is 7.69. The maximum absolute atomic E-state index is 10.9. The summed E-state index contributed by atoms with van der Waals surface area (Å²) in [4.78, 5) is 21.2. The standard InChI is InChI=1S/C12H15NO3/c1-2-10(9-14)12(8-13(15)16)11-6-4-3-5-7-11/h3-7,9-10,12H,2,8H2,1H3/t10-,12+/m0/s1. The predicted octanol–water partition coefficient (Wildman–Crippen LogP) is 2.27. The van der Waals surface area contributed by atoms with E-state index in [4.69, 9.17) is 0 Å². The molecule has 4 nitrogen and oxygen atoms in total. The molecule has 4 heteroatoms. The molecule has 0 aromatic heterocycles. The molecule has 2 atom stereocenters. The van der Waals surface area contributed by atoms with Crippen molar-refractivity contribution in [1.29, 1.82) is 0 Å². The molecule has 0 aliphatic heterocycles. The normalized spacial score (nSPS) is 14.1. The van der Waals surface area contributed by atoms with Gasteiger partial charge in [-0.15, -0.1) is 0 Å². The minimum atomic E-state index is -0.357. The fraction of sp³-hybridized carbons (Fsp3) is 0.417. The quantitative estimate of drug-likeness (QED) is 0.420. The molecule has 0 N–H and O–H groups in total. The number of nitro groups is 1. The van der Waals surface area contributed by atoms with Crippen LogP contribution in [0, 0.1) is 16.0 Å². The second kappa shape index (κ2) is 6.00. The summed E-state index contributed by atoms with van der Waals surface area (Å²) in [6, 6.07) is 9.19. The lowest BCUT2D eigenvalue weighted by Crippen LogP contribution is -2.22. The first-order valence-electron chi connectivity index (χ1n) is 5.31. The average molecular weight is 221 g/mol. The van der Waals surface area contributed by atoms with Crippen molar-refractivity contribution in [3.05, 3.63) is 46.0 Å². The zero-order valence-corrected chi connectivity index (χ0v) is 9.20. The highest BCUT2D eigenvalue weighted by atomic mass is 16.6. The summed E-state index contributed by atoms with van der Waals surface area (Å²) < 4.78 is 0. The summed E-state index contributed by atoms with van der Waals surface area (Å²) in [5.41, 5.74) is 0.859. The molecule has 1 rings (SSSR count). The van der Waals surface area contributed by atoms with Crippen LogP contribution in [0.4, 0.5) is 0 Å². The Hall–Kier alpha value is -1.71. The van der Waals surface area contributed by atoms with E-state index in [0.29, 0.717) is 6.42 Å². The Balaban J connectivity index is 2.95. The Morgan fingerprint density at radius 2 is 2.00 bits per heavy atom. The van der Waals surface area contributed by atoms with Crippen LogP contribution in [-0.2, 0) is 4.79 Å². The number of rotatable bonds is 6. The Labute approximate surface area is 94.4 Å². The van der Waals surface area contributed by atoms with Crippen LogP contribution in [0.1, 0.15) is 24.8 Å². The van der Waals surface area contributed by atoms with E-state index in [0.717, 1.165) is 11.8 Å². The molecule has 0 saturated heterocycles. The van der Waals surface area contributed by atoms with Crippen molar-refractivity contribution in [2.75, 3.05) is 6.54 Å². The number of carbonyl (C=O) groups excluding carboxylic acids is 1. The summed E-state index contributed by atoms with van der Waals surface area (Å²) in [7, 11) is 0. The van der Waals surface area contributed by atoms with Gasteiger partial charge in [-0.2, -0.15) is 0 Å². The van der Waals surface area contributed by atoms with Crippen LogP contribution >= 0.6 is 0 Å². The monoisotopic (exact) mass is 221 g/mol. The van der Waals surface area contributed by atoms with E-state index in [1.807, 2.05) is 37.3 Å². The van der Waals surface area contributed by atoms with Gasteiger partial charge >= 0.3 is 0 Å². The van der Waals surface area contributed by atoms with Crippen molar-refractivity contribution in [2.45, 2.75) is 19.3 Å². The van der Waals surface area contributed by atoms with Gasteiger partial charge in [-0.05, 0) is 12.0 Å². The third-order valence-electron chi connectivity index (χ3n) is 2.74. The highest BCUT2D eigenvalue weighted by Crippen LogP contribution is 2.25. The maximum atomic E-state index is 10.9. The predicted molar refractivity (Wildman–Crippen MR) is 60.9 cm³/mol. The fourth-order valence-electron chi connectivity index (χ4n) is 1.82. The van der Waals surface area contributed by atoms with Gasteiger partial charge in [0.25, 0.3) is 0 Å². The van der Waals surface area contributed by atoms with Gasteiger partial charge in [0.15, 0.2) is 0 Å². The van der Waals surface area contributed by atoms with Gasteiger partial charge in [0, 0.05) is 10.8 Å². The van der Waals surface area contributed by atoms with Crippen LogP contribution in [0.3, 0.4) is 0 Å². The molecular formula is C12H15NO3. The largest absolute Gasteiger partial charge is 0.303 e. The molecule has 0 unspecified atom stereocenters. The highest BCUT2D eigenvalue weighted by Gasteiger charge is 2.25. The smallest absolute Gasteiger partial charge is 0.211 e. The van der Waals surface area contributed by atoms with E-state index in [2.05, 4.69) is 0 Å². The van der Waals surface area contributed by atoms with Gasteiger partial charge in [0.1, 0.15) is 6.29 Å². The SMILES string of the molecule is CC[C@@H](C=O)[C@@H](C[N+](=O)[O-])c1ccccc1. The molecule has 86 valence electrons. The average Bonchev–Trinajstić information content (AvgIpc) is 2.30. The molecule has 0 radical (unpaired) electrons. The Kier molecular flexibility index (Phi) is 4.64. The van der Waals surface area contributed by atoms with E-state index in [9.17, 15) is 14.9 Å². The first-order valence-corrected chi connectivity index (χ1v) is 5.31. The second-order valence-corrected chi connectivity index (χ2v) is 3.74. The molecule has 1 aromatic carbocycles. The summed E-state index contributed by atoms with van der Waals surface area (Å²) >= 11 is 0. The maximum Gasteiger partial charge on any atom is 0.211 e. The summed E-state index contributed by atoms with van der Waals surface area (Å²) in [6.07, 6.45) is 1.44. The number of benzene rings is 1. The highest BCUT2D eigenvalue weighted by molar-refractivity contribution is 5.55. The van der Waals surface area contributed by atoms with Crippen molar-refractivity contribution in [3.8, 4) is 0 Å². The van der Waals surface area contributed by atoms with Crippen LogP contribution in [0.2, 0.25) is 0 Å². The first kappa shape index (κ1) is 12.4. The Morgan fingerprint density at radius 3 is 2.44 bits per heavy atom. The molecule has 0 bridgehead atoms. The van der Waals surface area contributed by atoms with Crippen LogP contribution in [0.5, 0.6) is 0 Å². The lowest BCUT2D eigenvalue weighted by Gasteiger charge is -2.18. The minimum Gasteiger partial charge on any atom is -0.303 e. The summed E-state index contributed by atoms with van der Waals surface area (Å²) in [5.74, 6) is -0.605. The van der Waals surface area contributed by atoms with Crippen molar-refractivity contribution in [2.24, 2.45) is 5.92 Å². The lowest BCUT2D eigenvalue weighted by atomic mass is 9.85. The van der Waals surface area contributed by atoms with Gasteiger partial charge in [-0.3, -0.25) is 10.1 Å². The molecule has 1 aromatic rings. The third-order valence-corrected chi connectivity index (χ3v) is 2.74. The Bertz CT molecular complexity index is 351. The van der Waals surface area contributed by atoms with E-state index >= 15 is 0 Å². The molecular weight excluding hydrogens is 206 g/mol. The Morgan fingerprint density at radius 1 is 1.38 bits per heavy atom. The molecule has 0 aliphatic carbocycles. The zero-order chi connectivity index (χ0) is 12.0. The molecule has 16 heavy (non-hydrogen) atoms. The van der Waals surface area contributed by atoms with Crippen molar-refractivity contribution >= 4 is 6.29 Å². The van der Waals surface area contributed by atoms with Crippen molar-refractivity contribution in [1.82, 2.24) is 0 Å². The van der Waals surface area contributed by atoms with Gasteiger partial charge in [0.05, 0.1) is 5.92 Å². The van der Waals surface area contributed by atoms with E-state index < -0.39 is 0 Å². The molecule has 0 saturated carbocycles. The van der Waals surface area contributed by atoms with Crippen LogP contribution in [0.25, 0.3) is 0 Å². The minimum absolute atomic E-state index is 0.193. The molecule has 0 fully saturated rings. The summed E-state index contributed by atoms with van der Waals surface area (Å²) in [6.45, 7) is 1.68. The summed E-state index contributed by atoms with van der Waals surface area (Å²) in [5, 5.41) is 10.6. The number of hydrogen-bond donors (Lipinski definition) is 0. The molecule has 0 spiro atoms. The molecule has 0 heterocycles. The van der Waals surface area contributed by atoms with Gasteiger partial charge in [-0.1, -0.05) is 37.3 Å². The van der Waals surface area contributed by atoms with Crippen molar-refractivity contribution < 1.29 is 9.72 Å². The number of aldehydes is 1. The van der Waals surface area contributed by atoms with Gasteiger partial charge in [-0.25, -0.2) is 0 Å². The van der Waals surface area contributed by atoms with Crippen LogP contribution in [0.15, 0.2) is 30.3 Å². The van der Waals surface area contributed by atoms with Gasteiger partial charge < -0.3 is 4.79 Å². The number of nitrogens with zero attached hydrogens (tertiary/aromatic N) is 1. The van der Waals surface area contributed by atoms with E-state index in [1.54, 1.807) is 0 Å². The number of hydrogen-bond acceptors (Lipinski definition) is 3. The number of carbonyl (C=O) groups is 1. The fourth-order valence-corrected chi connectivity index (χ4v) is 1.82. The van der Waals surface area contributed by atoms with Crippen LogP contribution < -0.4 is 0 Å². The topological polar surface area (TPSA) is 60.2 Å². The van der Waals surface area contributed by atoms with Crippen LogP contribution in [-0.4, -0.2) is 17.8 Å². The molecule has 0 aliphatic rings. The van der Waals surface area contributed by atoms with E-state index in [1.165, 1.54) is 0 Å². The zero-order valence-electron chi connectivity index (χ0n) is 9.20. The van der Waals surface area contributed by atoms with E-state index in [-0.39, 0.29) is 23.3 Å².